The Hall–Kier alpha value is -0.260. The highest BCUT2D eigenvalue weighted by molar-refractivity contribution is 14.1. The molecule has 21 heavy (non-hydrogen) atoms. The van der Waals surface area contributed by atoms with E-state index in [4.69, 9.17) is 0 Å². The Morgan fingerprint density at radius 3 is 2.19 bits per heavy atom. The van der Waals surface area contributed by atoms with Gasteiger partial charge in [0.15, 0.2) is 17.5 Å². The van der Waals surface area contributed by atoms with Crippen molar-refractivity contribution in [3.05, 3.63) is 35.1 Å². The maximum atomic E-state index is 13.4. The number of hydrogen-bond donors (Lipinski definition) is 0. The lowest BCUT2D eigenvalue weighted by molar-refractivity contribution is 0.127. The molecule has 0 spiro atoms. The summed E-state index contributed by atoms with van der Waals surface area (Å²) in [4.78, 5) is 0. The average molecular weight is 408 g/mol. The molecule has 4 heteroatoms. The first-order valence-electron chi connectivity index (χ1n) is 7.79. The molecule has 3 rings (SSSR count). The molecule has 0 radical (unpaired) electrons. The van der Waals surface area contributed by atoms with Gasteiger partial charge in [0.2, 0.25) is 0 Å². The van der Waals surface area contributed by atoms with Crippen LogP contribution >= 0.6 is 22.6 Å². The van der Waals surface area contributed by atoms with Gasteiger partial charge in [-0.15, -0.1) is 0 Å². The molecule has 0 saturated heterocycles. The fraction of sp³-hybridized carbons (Fsp3) is 0.647. The van der Waals surface area contributed by atoms with E-state index in [1.54, 1.807) is 0 Å². The van der Waals surface area contributed by atoms with Crippen molar-refractivity contribution in [1.82, 2.24) is 0 Å². The molecule has 4 atom stereocenters. The van der Waals surface area contributed by atoms with Crippen LogP contribution in [0.1, 0.15) is 50.0 Å². The van der Waals surface area contributed by atoms with Gasteiger partial charge in [-0.25, -0.2) is 13.2 Å². The molecule has 2 saturated carbocycles. The normalized spacial score (nSPS) is 32.8. The van der Waals surface area contributed by atoms with Gasteiger partial charge in [-0.1, -0.05) is 22.6 Å². The Labute approximate surface area is 137 Å². The van der Waals surface area contributed by atoms with Crippen LogP contribution in [0.2, 0.25) is 0 Å². The molecule has 4 unspecified atom stereocenters. The standard InChI is InChI=1S/C17H20F3I/c18-15-7-14(8-16(19)17(15)20)13-4-3-11-5-10(9-21)1-2-12(11)6-13/h7-8,10-13H,1-6,9H2. The first-order chi connectivity index (χ1) is 10.1. The van der Waals surface area contributed by atoms with Crippen LogP contribution in [-0.4, -0.2) is 4.43 Å². The van der Waals surface area contributed by atoms with Crippen molar-refractivity contribution in [3.63, 3.8) is 0 Å². The molecule has 0 bridgehead atoms. The Morgan fingerprint density at radius 2 is 1.52 bits per heavy atom. The second-order valence-corrected chi connectivity index (χ2v) is 7.54. The van der Waals surface area contributed by atoms with Gasteiger partial charge in [-0.2, -0.15) is 0 Å². The molecule has 1 aromatic carbocycles. The van der Waals surface area contributed by atoms with Crippen LogP contribution in [0.4, 0.5) is 13.2 Å². The number of hydrogen-bond acceptors (Lipinski definition) is 0. The van der Waals surface area contributed by atoms with E-state index in [9.17, 15) is 13.2 Å². The Bertz CT molecular complexity index is 494. The third-order valence-corrected chi connectivity index (χ3v) is 6.66. The lowest BCUT2D eigenvalue weighted by Crippen LogP contribution is -2.31. The molecule has 116 valence electrons. The maximum Gasteiger partial charge on any atom is 0.194 e. The third-order valence-electron chi connectivity index (χ3n) is 5.42. The lowest BCUT2D eigenvalue weighted by atomic mass is 9.64. The monoisotopic (exact) mass is 408 g/mol. The lowest BCUT2D eigenvalue weighted by Gasteiger charge is -2.42. The average Bonchev–Trinajstić information content (AvgIpc) is 2.51. The highest BCUT2D eigenvalue weighted by Crippen LogP contribution is 2.48. The number of alkyl halides is 1. The molecule has 2 fully saturated rings. The van der Waals surface area contributed by atoms with Crippen LogP contribution in [0.3, 0.4) is 0 Å². The molecule has 0 aliphatic heterocycles. The van der Waals surface area contributed by atoms with Crippen LogP contribution < -0.4 is 0 Å². The summed E-state index contributed by atoms with van der Waals surface area (Å²) < 4.78 is 41.1. The zero-order valence-electron chi connectivity index (χ0n) is 11.9. The van der Waals surface area contributed by atoms with Crippen LogP contribution in [0.25, 0.3) is 0 Å². The quantitative estimate of drug-likeness (QED) is 0.328. The van der Waals surface area contributed by atoms with Crippen LogP contribution in [0.5, 0.6) is 0 Å². The Morgan fingerprint density at radius 1 is 0.905 bits per heavy atom. The summed E-state index contributed by atoms with van der Waals surface area (Å²) in [6.45, 7) is 0. The molecule has 0 heterocycles. The largest absolute Gasteiger partial charge is 0.204 e. The van der Waals surface area contributed by atoms with E-state index < -0.39 is 17.5 Å². The Kier molecular flexibility index (Phi) is 4.81. The van der Waals surface area contributed by atoms with Crippen molar-refractivity contribution >= 4 is 22.6 Å². The molecule has 0 N–H and O–H groups in total. The first kappa shape index (κ1) is 15.6. The number of halogens is 4. The fourth-order valence-electron chi connectivity index (χ4n) is 4.24. The van der Waals surface area contributed by atoms with Gasteiger partial charge in [0, 0.05) is 4.43 Å². The zero-order chi connectivity index (χ0) is 15.0. The van der Waals surface area contributed by atoms with Gasteiger partial charge >= 0.3 is 0 Å². The minimum absolute atomic E-state index is 0.187. The van der Waals surface area contributed by atoms with Gasteiger partial charge < -0.3 is 0 Å². The molecule has 0 nitrogen and oxygen atoms in total. The second-order valence-electron chi connectivity index (χ2n) is 6.66. The zero-order valence-corrected chi connectivity index (χ0v) is 14.1. The fourth-order valence-corrected chi connectivity index (χ4v) is 5.04. The summed E-state index contributed by atoms with van der Waals surface area (Å²) in [7, 11) is 0. The van der Waals surface area contributed by atoms with Gasteiger partial charge in [0.25, 0.3) is 0 Å². The summed E-state index contributed by atoms with van der Waals surface area (Å²) in [6, 6.07) is 2.39. The summed E-state index contributed by atoms with van der Waals surface area (Å²) >= 11 is 2.48. The van der Waals surface area contributed by atoms with E-state index in [0.717, 1.165) is 31.1 Å². The van der Waals surface area contributed by atoms with Crippen molar-refractivity contribution in [2.75, 3.05) is 4.43 Å². The topological polar surface area (TPSA) is 0 Å². The molecule has 0 aromatic heterocycles. The minimum Gasteiger partial charge on any atom is -0.204 e. The van der Waals surface area contributed by atoms with Crippen molar-refractivity contribution in [1.29, 1.82) is 0 Å². The van der Waals surface area contributed by atoms with E-state index in [2.05, 4.69) is 22.6 Å². The summed E-state index contributed by atoms with van der Waals surface area (Å²) in [5, 5.41) is 0. The van der Waals surface area contributed by atoms with Gasteiger partial charge in [0.1, 0.15) is 0 Å². The second kappa shape index (κ2) is 6.47. The smallest absolute Gasteiger partial charge is 0.194 e. The summed E-state index contributed by atoms with van der Waals surface area (Å²) in [5.41, 5.74) is 0.640. The van der Waals surface area contributed by atoms with Crippen LogP contribution in [0, 0.1) is 35.2 Å². The number of fused-ring (bicyclic) bond motifs is 1. The van der Waals surface area contributed by atoms with E-state index in [1.807, 2.05) is 0 Å². The first-order valence-corrected chi connectivity index (χ1v) is 9.31. The van der Waals surface area contributed by atoms with Crippen molar-refractivity contribution < 1.29 is 13.2 Å². The predicted molar refractivity (Wildman–Crippen MR) is 86.1 cm³/mol. The molecule has 2 aliphatic carbocycles. The van der Waals surface area contributed by atoms with Crippen molar-refractivity contribution in [3.8, 4) is 0 Å². The number of benzene rings is 1. The molecule has 0 amide bonds. The third kappa shape index (κ3) is 3.25. The highest BCUT2D eigenvalue weighted by atomic mass is 127. The van der Waals surface area contributed by atoms with E-state index in [-0.39, 0.29) is 5.92 Å². The van der Waals surface area contributed by atoms with E-state index >= 15 is 0 Å². The molecular formula is C17H20F3I. The highest BCUT2D eigenvalue weighted by Gasteiger charge is 2.36. The van der Waals surface area contributed by atoms with Gasteiger partial charge in [-0.05, 0) is 79.9 Å². The predicted octanol–water partition coefficient (Wildman–Crippen LogP) is 5.84. The molecule has 1 aromatic rings. The van der Waals surface area contributed by atoms with Gasteiger partial charge in [-0.3, -0.25) is 0 Å². The molecular weight excluding hydrogens is 388 g/mol. The SMILES string of the molecule is Fc1cc(C2CCC3CC(CI)CCC3C2)cc(F)c1F. The van der Waals surface area contributed by atoms with E-state index in [0.29, 0.717) is 11.5 Å². The van der Waals surface area contributed by atoms with E-state index in [1.165, 1.54) is 35.8 Å². The van der Waals surface area contributed by atoms with Gasteiger partial charge in [0.05, 0.1) is 0 Å². The summed E-state index contributed by atoms with van der Waals surface area (Å²) in [5.74, 6) is -0.961. The maximum absolute atomic E-state index is 13.4. The van der Waals surface area contributed by atoms with Crippen molar-refractivity contribution in [2.24, 2.45) is 17.8 Å². The minimum atomic E-state index is -1.35. The molecule has 2 aliphatic rings. The Balaban J connectivity index is 1.72. The van der Waals surface area contributed by atoms with Crippen LogP contribution in [-0.2, 0) is 0 Å². The van der Waals surface area contributed by atoms with Crippen LogP contribution in [0.15, 0.2) is 12.1 Å². The van der Waals surface area contributed by atoms with Crippen molar-refractivity contribution in [2.45, 2.75) is 44.4 Å². The summed E-state index contributed by atoms with van der Waals surface area (Å²) in [6.07, 6.45) is 6.95. The number of rotatable bonds is 2.